The Morgan fingerprint density at radius 3 is 2.62 bits per heavy atom. The van der Waals surface area contributed by atoms with Gasteiger partial charge in [-0.05, 0) is 30.7 Å². The number of nitrogens with one attached hydrogen (secondary N) is 3. The van der Waals surface area contributed by atoms with Crippen molar-refractivity contribution in [2.24, 2.45) is 11.3 Å². The van der Waals surface area contributed by atoms with E-state index in [0.29, 0.717) is 0 Å². The number of carbonyl (C=O) groups excluding carboxylic acids is 2. The minimum atomic E-state index is -3.95. The van der Waals surface area contributed by atoms with E-state index in [0.717, 1.165) is 37.8 Å². The number of sulfone groups is 1. The number of anilines is 3. The lowest BCUT2D eigenvalue weighted by atomic mass is 9.96. The SMILES string of the molecule is [2H]C([2H])([2H])NC(=O)c1nnc(NC(=O)[C@H]2CC23CC3)cc1Nc1ncc(C2(F)COC2)cc1S(C)(=O)=O. The number of rotatable bonds is 7. The molecule has 0 radical (unpaired) electrons. The molecule has 3 fully saturated rings. The molecule has 13 heteroatoms. The molecule has 1 atom stereocenters. The molecule has 1 aliphatic heterocycles. The molecule has 180 valence electrons. The van der Waals surface area contributed by atoms with E-state index in [1.807, 2.05) is 0 Å². The number of alkyl halides is 1. The van der Waals surface area contributed by atoms with Crippen molar-refractivity contribution in [3.63, 3.8) is 0 Å². The van der Waals surface area contributed by atoms with Crippen LogP contribution >= 0.6 is 0 Å². The maximum atomic E-state index is 14.9. The number of pyridine rings is 1. The van der Waals surface area contributed by atoms with E-state index in [-0.39, 0.29) is 58.2 Å². The van der Waals surface area contributed by atoms with Crippen molar-refractivity contribution in [2.45, 2.75) is 29.8 Å². The molecule has 0 aromatic carbocycles. The molecule has 3 aliphatic rings. The third-order valence-electron chi connectivity index (χ3n) is 6.46. The van der Waals surface area contributed by atoms with Gasteiger partial charge in [0.1, 0.15) is 10.7 Å². The number of halogens is 1. The molecule has 3 heterocycles. The average molecular weight is 494 g/mol. The maximum Gasteiger partial charge on any atom is 0.273 e. The van der Waals surface area contributed by atoms with Gasteiger partial charge in [-0.3, -0.25) is 9.59 Å². The third-order valence-corrected chi connectivity index (χ3v) is 7.57. The van der Waals surface area contributed by atoms with Gasteiger partial charge >= 0.3 is 0 Å². The summed E-state index contributed by atoms with van der Waals surface area (Å²) < 4.78 is 66.7. The van der Waals surface area contributed by atoms with E-state index < -0.39 is 34.1 Å². The monoisotopic (exact) mass is 493 g/mol. The molecular formula is C21H23FN6O5S. The maximum absolute atomic E-state index is 14.9. The van der Waals surface area contributed by atoms with Crippen LogP contribution in [-0.2, 0) is 25.0 Å². The molecule has 0 unspecified atom stereocenters. The summed E-state index contributed by atoms with van der Waals surface area (Å²) in [7, 11) is -3.95. The molecule has 3 N–H and O–H groups in total. The first-order valence-electron chi connectivity index (χ1n) is 11.9. The summed E-state index contributed by atoms with van der Waals surface area (Å²) in [5.41, 5.74) is -2.46. The van der Waals surface area contributed by atoms with Crippen LogP contribution in [-0.4, -0.2) is 61.9 Å². The molecule has 2 aromatic rings. The fourth-order valence-electron chi connectivity index (χ4n) is 4.06. The van der Waals surface area contributed by atoms with Crippen molar-refractivity contribution < 1.29 is 31.2 Å². The number of amides is 2. The summed E-state index contributed by atoms with van der Waals surface area (Å²) in [4.78, 5) is 28.9. The van der Waals surface area contributed by atoms with Gasteiger partial charge in [-0.25, -0.2) is 17.8 Å². The minimum Gasteiger partial charge on any atom is -0.374 e. The lowest BCUT2D eigenvalue weighted by Crippen LogP contribution is -2.42. The Bertz CT molecular complexity index is 1410. The number of carbonyl (C=O) groups is 2. The highest BCUT2D eigenvalue weighted by atomic mass is 32.2. The minimum absolute atomic E-state index is 0.00402. The Labute approximate surface area is 199 Å². The number of hydrogen-bond donors (Lipinski definition) is 3. The van der Waals surface area contributed by atoms with Crippen LogP contribution in [0.1, 0.15) is 39.4 Å². The molecule has 11 nitrogen and oxygen atoms in total. The molecule has 2 amide bonds. The van der Waals surface area contributed by atoms with Gasteiger partial charge < -0.3 is 20.7 Å². The standard InChI is InChI=1S/C21H23FN6O5S/c1-23-19(30)16-13(6-15(27-28-16)26-18(29)12-7-20(12)3-4-20)25-17-14(34(2,31)32)5-11(8-24-17)21(22)9-33-10-21/h5-6,8,12H,3-4,7,9-10H2,1-2H3,(H,23,30)(H2,24,25,26,27,29)/t12-/m1/s1/i1D3. The first-order chi connectivity index (χ1) is 17.2. The van der Waals surface area contributed by atoms with Gasteiger partial charge in [-0.2, -0.15) is 0 Å². The molecule has 2 saturated carbocycles. The highest BCUT2D eigenvalue weighted by Gasteiger charge is 2.65. The Morgan fingerprint density at radius 2 is 2.03 bits per heavy atom. The van der Waals surface area contributed by atoms with Crippen LogP contribution in [0.2, 0.25) is 0 Å². The van der Waals surface area contributed by atoms with Crippen LogP contribution in [0.25, 0.3) is 0 Å². The molecule has 34 heavy (non-hydrogen) atoms. The summed E-state index contributed by atoms with van der Waals surface area (Å²) in [5, 5.41) is 14.7. The van der Waals surface area contributed by atoms with Gasteiger partial charge in [-0.1, -0.05) is 0 Å². The van der Waals surface area contributed by atoms with Crippen molar-refractivity contribution in [2.75, 3.05) is 37.1 Å². The summed E-state index contributed by atoms with van der Waals surface area (Å²) in [5.74, 6) is -1.82. The van der Waals surface area contributed by atoms with E-state index in [1.54, 1.807) is 5.32 Å². The van der Waals surface area contributed by atoms with Gasteiger partial charge in [0.15, 0.2) is 27.0 Å². The van der Waals surface area contributed by atoms with Crippen LogP contribution in [0.4, 0.5) is 21.7 Å². The van der Waals surface area contributed by atoms with E-state index in [4.69, 9.17) is 8.85 Å². The zero-order valence-electron chi connectivity index (χ0n) is 21.0. The fraction of sp³-hybridized carbons (Fsp3) is 0.476. The molecule has 0 bridgehead atoms. The van der Waals surface area contributed by atoms with E-state index in [9.17, 15) is 22.4 Å². The largest absolute Gasteiger partial charge is 0.374 e. The van der Waals surface area contributed by atoms with Crippen LogP contribution in [0, 0.1) is 11.3 Å². The summed E-state index contributed by atoms with van der Waals surface area (Å²) in [6.07, 6.45) is 4.80. The zero-order chi connectivity index (χ0) is 26.8. The van der Waals surface area contributed by atoms with Gasteiger partial charge in [0.25, 0.3) is 5.91 Å². The van der Waals surface area contributed by atoms with Gasteiger partial charge in [0.2, 0.25) is 5.91 Å². The van der Waals surface area contributed by atoms with Gasteiger partial charge in [0, 0.05) is 41.1 Å². The first-order valence-corrected chi connectivity index (χ1v) is 12.3. The van der Waals surface area contributed by atoms with Crippen LogP contribution < -0.4 is 16.0 Å². The normalized spacial score (nSPS) is 23.0. The Morgan fingerprint density at radius 1 is 1.26 bits per heavy atom. The van der Waals surface area contributed by atoms with Crippen molar-refractivity contribution in [3.05, 3.63) is 29.6 Å². The van der Waals surface area contributed by atoms with Crippen molar-refractivity contribution in [1.82, 2.24) is 20.5 Å². The van der Waals surface area contributed by atoms with E-state index in [2.05, 4.69) is 25.8 Å². The molecule has 2 aliphatic carbocycles. The third kappa shape index (κ3) is 3.98. The predicted octanol–water partition coefficient (Wildman–Crippen LogP) is 1.31. The Hall–Kier alpha value is -3.19. The molecule has 1 spiro atoms. The number of hydrogen-bond acceptors (Lipinski definition) is 9. The summed E-state index contributed by atoms with van der Waals surface area (Å²) in [6.45, 7) is -3.33. The average Bonchev–Trinajstić information content (AvgIpc) is 3.69. The second-order valence-corrected chi connectivity index (χ2v) is 11.0. The highest BCUT2D eigenvalue weighted by molar-refractivity contribution is 7.90. The summed E-state index contributed by atoms with van der Waals surface area (Å²) in [6, 6.07) is 2.34. The fourth-order valence-corrected chi connectivity index (χ4v) is 4.86. The Kier molecular flexibility index (Phi) is 4.32. The molecular weight excluding hydrogens is 467 g/mol. The predicted molar refractivity (Wildman–Crippen MR) is 118 cm³/mol. The first kappa shape index (κ1) is 19.2. The van der Waals surface area contributed by atoms with Gasteiger partial charge in [-0.15, -0.1) is 10.2 Å². The Balaban J connectivity index is 1.50. The molecule has 1 saturated heterocycles. The lowest BCUT2D eigenvalue weighted by Gasteiger charge is -2.34. The van der Waals surface area contributed by atoms with Crippen molar-refractivity contribution >= 4 is 39.0 Å². The number of ether oxygens (including phenoxy) is 1. The second kappa shape index (κ2) is 7.67. The smallest absolute Gasteiger partial charge is 0.273 e. The van der Waals surface area contributed by atoms with Crippen LogP contribution in [0.5, 0.6) is 0 Å². The van der Waals surface area contributed by atoms with Crippen LogP contribution in [0.15, 0.2) is 23.2 Å². The zero-order valence-corrected chi connectivity index (χ0v) is 18.8. The van der Waals surface area contributed by atoms with Gasteiger partial charge in [0.05, 0.1) is 18.9 Å². The van der Waals surface area contributed by atoms with Crippen molar-refractivity contribution in [3.8, 4) is 0 Å². The number of nitrogens with zero attached hydrogens (tertiary/aromatic N) is 3. The molecule has 5 rings (SSSR count). The second-order valence-electron chi connectivity index (χ2n) is 8.98. The topological polar surface area (TPSA) is 152 Å². The summed E-state index contributed by atoms with van der Waals surface area (Å²) >= 11 is 0. The van der Waals surface area contributed by atoms with E-state index in [1.165, 1.54) is 6.07 Å². The van der Waals surface area contributed by atoms with E-state index >= 15 is 0 Å². The number of aromatic nitrogens is 3. The quantitative estimate of drug-likeness (QED) is 0.518. The highest BCUT2D eigenvalue weighted by Crippen LogP contribution is 2.70. The van der Waals surface area contributed by atoms with Crippen LogP contribution in [0.3, 0.4) is 0 Å². The molecule has 2 aromatic heterocycles. The lowest BCUT2D eigenvalue weighted by molar-refractivity contribution is -0.135. The van der Waals surface area contributed by atoms with Crippen molar-refractivity contribution in [1.29, 1.82) is 0 Å².